The summed E-state index contributed by atoms with van der Waals surface area (Å²) in [5.41, 5.74) is 2.25. The van der Waals surface area contributed by atoms with Gasteiger partial charge in [-0.05, 0) is 45.4 Å². The van der Waals surface area contributed by atoms with E-state index in [1.165, 1.54) is 0 Å². The number of hydrogen-bond acceptors (Lipinski definition) is 4. The van der Waals surface area contributed by atoms with Gasteiger partial charge in [-0.25, -0.2) is 0 Å². The molecule has 0 saturated carbocycles. The number of nitrogens with one attached hydrogen (secondary N) is 1. The molecule has 1 N–H and O–H groups in total. The van der Waals surface area contributed by atoms with Gasteiger partial charge in [-0.2, -0.15) is 0 Å². The summed E-state index contributed by atoms with van der Waals surface area (Å²) in [4.78, 5) is 0. The van der Waals surface area contributed by atoms with Crippen LogP contribution in [-0.2, 0) is 17.9 Å². The SMILES string of the molecule is CCOc1cccc(CNCCCOC(C)C)c1OCc1ccccc1. The van der Waals surface area contributed by atoms with E-state index in [0.29, 0.717) is 13.2 Å². The smallest absolute Gasteiger partial charge is 0.166 e. The molecule has 0 atom stereocenters. The molecule has 0 heterocycles. The third-order valence-electron chi connectivity index (χ3n) is 3.85. The summed E-state index contributed by atoms with van der Waals surface area (Å²) in [5, 5.41) is 3.47. The Morgan fingerprint density at radius 2 is 1.77 bits per heavy atom. The molecule has 0 saturated heterocycles. The predicted molar refractivity (Wildman–Crippen MR) is 106 cm³/mol. The average molecular weight is 357 g/mol. The second-order valence-electron chi connectivity index (χ2n) is 6.40. The predicted octanol–water partition coefficient (Wildman–Crippen LogP) is 4.57. The van der Waals surface area contributed by atoms with Gasteiger partial charge < -0.3 is 19.5 Å². The Balaban J connectivity index is 1.94. The lowest BCUT2D eigenvalue weighted by atomic mass is 10.1. The lowest BCUT2D eigenvalue weighted by molar-refractivity contribution is 0.0770. The van der Waals surface area contributed by atoms with E-state index in [-0.39, 0.29) is 6.10 Å². The van der Waals surface area contributed by atoms with Crippen molar-refractivity contribution in [3.8, 4) is 11.5 Å². The maximum atomic E-state index is 6.13. The minimum absolute atomic E-state index is 0.288. The normalized spacial score (nSPS) is 10.9. The Labute approximate surface area is 157 Å². The van der Waals surface area contributed by atoms with Gasteiger partial charge in [0.25, 0.3) is 0 Å². The van der Waals surface area contributed by atoms with Crippen LogP contribution < -0.4 is 14.8 Å². The van der Waals surface area contributed by atoms with E-state index in [2.05, 4.69) is 37.4 Å². The fraction of sp³-hybridized carbons (Fsp3) is 0.455. The molecule has 4 nitrogen and oxygen atoms in total. The Hall–Kier alpha value is -2.04. The van der Waals surface area contributed by atoms with Crippen LogP contribution in [0.2, 0.25) is 0 Å². The first-order chi connectivity index (χ1) is 12.7. The third-order valence-corrected chi connectivity index (χ3v) is 3.85. The van der Waals surface area contributed by atoms with Gasteiger partial charge in [-0.15, -0.1) is 0 Å². The van der Waals surface area contributed by atoms with Crippen LogP contribution >= 0.6 is 0 Å². The van der Waals surface area contributed by atoms with Crippen molar-refractivity contribution >= 4 is 0 Å². The highest BCUT2D eigenvalue weighted by molar-refractivity contribution is 5.46. The Morgan fingerprint density at radius 3 is 2.50 bits per heavy atom. The lowest BCUT2D eigenvalue weighted by Gasteiger charge is -2.16. The third kappa shape index (κ3) is 7.06. The summed E-state index contributed by atoms with van der Waals surface area (Å²) in [6.07, 6.45) is 1.28. The van der Waals surface area contributed by atoms with E-state index in [1.54, 1.807) is 0 Å². The summed E-state index contributed by atoms with van der Waals surface area (Å²) in [5.74, 6) is 1.62. The molecule has 2 aromatic carbocycles. The van der Waals surface area contributed by atoms with Crippen molar-refractivity contribution in [1.29, 1.82) is 0 Å². The van der Waals surface area contributed by atoms with Crippen molar-refractivity contribution in [2.45, 2.75) is 46.4 Å². The van der Waals surface area contributed by atoms with Crippen LogP contribution in [0, 0.1) is 0 Å². The number of hydrogen-bond donors (Lipinski definition) is 1. The zero-order valence-electron chi connectivity index (χ0n) is 16.2. The first kappa shape index (κ1) is 20.3. The zero-order chi connectivity index (χ0) is 18.6. The fourth-order valence-electron chi connectivity index (χ4n) is 2.60. The van der Waals surface area contributed by atoms with Crippen molar-refractivity contribution in [3.05, 3.63) is 59.7 Å². The summed E-state index contributed by atoms with van der Waals surface area (Å²) in [6, 6.07) is 16.2. The van der Waals surface area contributed by atoms with Crippen molar-refractivity contribution in [2.75, 3.05) is 19.8 Å². The minimum Gasteiger partial charge on any atom is -0.490 e. The summed E-state index contributed by atoms with van der Waals surface area (Å²) >= 11 is 0. The fourth-order valence-corrected chi connectivity index (χ4v) is 2.60. The van der Waals surface area contributed by atoms with Crippen LogP contribution in [0.5, 0.6) is 11.5 Å². The van der Waals surface area contributed by atoms with E-state index in [1.807, 2.05) is 37.3 Å². The number of para-hydroxylation sites is 1. The monoisotopic (exact) mass is 357 g/mol. The summed E-state index contributed by atoms with van der Waals surface area (Å²) in [7, 11) is 0. The van der Waals surface area contributed by atoms with Gasteiger partial charge in [-0.1, -0.05) is 42.5 Å². The molecule has 26 heavy (non-hydrogen) atoms. The summed E-state index contributed by atoms with van der Waals surface area (Å²) < 4.78 is 17.5. The molecule has 0 fully saturated rings. The molecule has 0 unspecified atom stereocenters. The van der Waals surface area contributed by atoms with Crippen LogP contribution in [-0.4, -0.2) is 25.9 Å². The van der Waals surface area contributed by atoms with Gasteiger partial charge >= 0.3 is 0 Å². The van der Waals surface area contributed by atoms with E-state index in [4.69, 9.17) is 14.2 Å². The molecule has 0 amide bonds. The molecule has 0 aliphatic carbocycles. The minimum atomic E-state index is 0.288. The molecule has 0 aliphatic heterocycles. The van der Waals surface area contributed by atoms with Crippen molar-refractivity contribution in [1.82, 2.24) is 5.32 Å². The standard InChI is InChI=1S/C22H31NO3/c1-4-24-21-13-8-12-20(16-23-14-9-15-25-18(2)3)22(21)26-17-19-10-6-5-7-11-19/h5-8,10-13,18,23H,4,9,14-17H2,1-3H3. The Bertz CT molecular complexity index is 629. The molecular weight excluding hydrogens is 326 g/mol. The lowest BCUT2D eigenvalue weighted by Crippen LogP contribution is -2.18. The molecule has 0 bridgehead atoms. The van der Waals surface area contributed by atoms with Crippen molar-refractivity contribution in [3.63, 3.8) is 0 Å². The highest BCUT2D eigenvalue weighted by atomic mass is 16.5. The number of benzene rings is 2. The van der Waals surface area contributed by atoms with Crippen molar-refractivity contribution in [2.24, 2.45) is 0 Å². The highest BCUT2D eigenvalue weighted by Crippen LogP contribution is 2.32. The molecule has 0 aromatic heterocycles. The first-order valence-corrected chi connectivity index (χ1v) is 9.44. The molecule has 0 aliphatic rings. The number of ether oxygens (including phenoxy) is 3. The van der Waals surface area contributed by atoms with Gasteiger partial charge in [-0.3, -0.25) is 0 Å². The van der Waals surface area contributed by atoms with Crippen molar-refractivity contribution < 1.29 is 14.2 Å². The topological polar surface area (TPSA) is 39.7 Å². The van der Waals surface area contributed by atoms with Crippen LogP contribution in [0.3, 0.4) is 0 Å². The van der Waals surface area contributed by atoms with Gasteiger partial charge in [0, 0.05) is 18.7 Å². The van der Waals surface area contributed by atoms with Gasteiger partial charge in [0.2, 0.25) is 0 Å². The van der Waals surface area contributed by atoms with Crippen LogP contribution in [0.25, 0.3) is 0 Å². The largest absolute Gasteiger partial charge is 0.490 e. The first-order valence-electron chi connectivity index (χ1n) is 9.44. The maximum Gasteiger partial charge on any atom is 0.166 e. The molecule has 0 radical (unpaired) electrons. The zero-order valence-corrected chi connectivity index (χ0v) is 16.2. The molecule has 0 spiro atoms. The second kappa shape index (κ2) is 11.6. The maximum absolute atomic E-state index is 6.13. The highest BCUT2D eigenvalue weighted by Gasteiger charge is 2.11. The van der Waals surface area contributed by atoms with E-state index in [9.17, 15) is 0 Å². The van der Waals surface area contributed by atoms with Gasteiger partial charge in [0.15, 0.2) is 11.5 Å². The van der Waals surface area contributed by atoms with Crippen LogP contribution in [0.4, 0.5) is 0 Å². The van der Waals surface area contributed by atoms with Crippen LogP contribution in [0.15, 0.2) is 48.5 Å². The number of rotatable bonds is 12. The van der Waals surface area contributed by atoms with E-state index < -0.39 is 0 Å². The van der Waals surface area contributed by atoms with E-state index >= 15 is 0 Å². The average Bonchev–Trinajstić information content (AvgIpc) is 2.64. The quantitative estimate of drug-likeness (QED) is 0.565. The molecule has 2 aromatic rings. The Kier molecular flexibility index (Phi) is 9.01. The van der Waals surface area contributed by atoms with Crippen LogP contribution in [0.1, 0.15) is 38.3 Å². The van der Waals surface area contributed by atoms with Gasteiger partial charge in [0.1, 0.15) is 6.61 Å². The molecular formula is C22H31NO3. The second-order valence-corrected chi connectivity index (χ2v) is 6.40. The Morgan fingerprint density at radius 1 is 0.962 bits per heavy atom. The van der Waals surface area contributed by atoms with Gasteiger partial charge in [0.05, 0.1) is 12.7 Å². The molecule has 4 heteroatoms. The molecule has 2 rings (SSSR count). The summed E-state index contributed by atoms with van der Waals surface area (Å²) in [6.45, 7) is 9.68. The molecule has 142 valence electrons. The van der Waals surface area contributed by atoms with E-state index in [0.717, 1.165) is 48.7 Å².